The van der Waals surface area contributed by atoms with Crippen molar-refractivity contribution in [2.75, 3.05) is 0 Å². The third kappa shape index (κ3) is 9.02. The fraction of sp³-hybridized carbons (Fsp3) is 1.00. The first kappa shape index (κ1) is 10.0. The summed E-state index contributed by atoms with van der Waals surface area (Å²) in [5.74, 6) is 0. The van der Waals surface area contributed by atoms with Crippen LogP contribution < -0.4 is 0 Å². The summed E-state index contributed by atoms with van der Waals surface area (Å²) in [4.78, 5) is 0. The van der Waals surface area contributed by atoms with Crippen LogP contribution in [0.2, 0.25) is 30.1 Å². The summed E-state index contributed by atoms with van der Waals surface area (Å²) < 4.78 is 1.50. The molecule has 0 N–H and O–H groups in total. The van der Waals surface area contributed by atoms with Gasteiger partial charge >= 0.3 is 73.6 Å². The fourth-order valence-electron chi connectivity index (χ4n) is 0.800. The molecule has 0 aliphatic heterocycles. The van der Waals surface area contributed by atoms with Gasteiger partial charge in [-0.3, -0.25) is 0 Å². The Morgan fingerprint density at radius 3 is 2.00 bits per heavy atom. The van der Waals surface area contributed by atoms with Gasteiger partial charge in [0.05, 0.1) is 0 Å². The van der Waals surface area contributed by atoms with E-state index in [9.17, 15) is 0 Å². The number of hydrogen-bond acceptors (Lipinski definition) is 0. The van der Waals surface area contributed by atoms with Crippen LogP contribution in [-0.4, -0.2) is 30.6 Å². The van der Waals surface area contributed by atoms with Crippen molar-refractivity contribution in [3.63, 3.8) is 0 Å². The van der Waals surface area contributed by atoms with Crippen LogP contribution in [-0.2, 0) is 0 Å². The molecule has 0 fully saturated rings. The third-order valence-electron chi connectivity index (χ3n) is 1.38. The molecule has 0 aliphatic carbocycles. The van der Waals surface area contributed by atoms with Crippen LogP contribution in [0.4, 0.5) is 0 Å². The van der Waals surface area contributed by atoms with Crippen molar-refractivity contribution in [2.45, 2.75) is 43.0 Å². The Morgan fingerprint density at radius 1 is 1.11 bits per heavy atom. The molecular formula is C7H18SiSn. The van der Waals surface area contributed by atoms with Gasteiger partial charge in [-0.1, -0.05) is 0 Å². The van der Waals surface area contributed by atoms with Crippen LogP contribution >= 0.6 is 0 Å². The summed E-state index contributed by atoms with van der Waals surface area (Å²) >= 11 is 1.46. The number of rotatable bonds is 4. The fourth-order valence-corrected chi connectivity index (χ4v) is 2.93. The van der Waals surface area contributed by atoms with Gasteiger partial charge in [-0.05, 0) is 0 Å². The second kappa shape index (κ2) is 4.77. The average molecular weight is 249 g/mol. The molecule has 2 heteroatoms. The monoisotopic (exact) mass is 250 g/mol. The van der Waals surface area contributed by atoms with Crippen molar-refractivity contribution >= 4 is 30.6 Å². The molecule has 0 atom stereocenters. The maximum atomic E-state index is 2.46. The van der Waals surface area contributed by atoms with Gasteiger partial charge in [0.1, 0.15) is 0 Å². The molecular weight excluding hydrogens is 231 g/mol. The van der Waals surface area contributed by atoms with Crippen molar-refractivity contribution in [3.05, 3.63) is 0 Å². The van der Waals surface area contributed by atoms with Crippen molar-refractivity contribution in [3.8, 4) is 0 Å². The van der Waals surface area contributed by atoms with E-state index in [2.05, 4.69) is 19.6 Å². The normalized spacial score (nSPS) is 12.0. The standard InChI is InChI=1S/C7H17Si.Sn.H/c1-5-6-7-8(2,3)4;;/h1,5-7H2,2-4H3;;. The molecule has 0 heterocycles. The first-order valence-corrected chi connectivity index (χ1v) is 9.80. The van der Waals surface area contributed by atoms with Crippen LogP contribution in [0.1, 0.15) is 12.8 Å². The van der Waals surface area contributed by atoms with Crippen LogP contribution in [0.25, 0.3) is 0 Å². The Bertz CT molecular complexity index is 65.8. The first-order chi connectivity index (χ1) is 4.06. The van der Waals surface area contributed by atoms with Gasteiger partial charge < -0.3 is 0 Å². The zero-order chi connectivity index (χ0) is 7.33. The van der Waals surface area contributed by atoms with Crippen molar-refractivity contribution in [1.29, 1.82) is 0 Å². The van der Waals surface area contributed by atoms with E-state index in [1.807, 2.05) is 0 Å². The van der Waals surface area contributed by atoms with Gasteiger partial charge in [-0.2, -0.15) is 0 Å². The summed E-state index contributed by atoms with van der Waals surface area (Å²) in [6.45, 7) is 7.37. The SMILES string of the molecule is C[Si](C)(C)CCC[CH2][SnH]. The molecule has 0 saturated heterocycles. The van der Waals surface area contributed by atoms with E-state index < -0.39 is 8.07 Å². The molecule has 0 saturated carbocycles. The van der Waals surface area contributed by atoms with Gasteiger partial charge in [0, 0.05) is 0 Å². The molecule has 0 amide bonds. The Hall–Kier alpha value is 1.02. The average Bonchev–Trinajstić information content (AvgIpc) is 1.63. The van der Waals surface area contributed by atoms with E-state index in [1.165, 1.54) is 45.8 Å². The minimum absolute atomic E-state index is 0.680. The molecule has 0 bridgehead atoms. The van der Waals surface area contributed by atoms with E-state index in [-0.39, 0.29) is 0 Å². The summed E-state index contributed by atoms with van der Waals surface area (Å²) in [5.41, 5.74) is 0. The minimum atomic E-state index is -0.680. The predicted molar refractivity (Wildman–Crippen MR) is 49.3 cm³/mol. The molecule has 0 aromatic carbocycles. The van der Waals surface area contributed by atoms with Crippen LogP contribution in [0.15, 0.2) is 0 Å². The topological polar surface area (TPSA) is 0 Å². The van der Waals surface area contributed by atoms with Gasteiger partial charge in [0.25, 0.3) is 0 Å². The molecule has 0 aromatic rings. The van der Waals surface area contributed by atoms with Crippen LogP contribution in [0.5, 0.6) is 0 Å². The number of hydrogen-bond donors (Lipinski definition) is 0. The molecule has 0 spiro atoms. The van der Waals surface area contributed by atoms with E-state index >= 15 is 0 Å². The second-order valence-corrected chi connectivity index (χ2v) is 11.1. The molecule has 0 nitrogen and oxygen atoms in total. The van der Waals surface area contributed by atoms with Crippen molar-refractivity contribution in [2.24, 2.45) is 0 Å². The van der Waals surface area contributed by atoms with Gasteiger partial charge in [-0.15, -0.1) is 0 Å². The Kier molecular flexibility index (Phi) is 5.31. The van der Waals surface area contributed by atoms with Crippen LogP contribution in [0, 0.1) is 0 Å². The predicted octanol–water partition coefficient (Wildman–Crippen LogP) is 2.42. The molecule has 0 aliphatic rings. The van der Waals surface area contributed by atoms with Crippen LogP contribution in [0.3, 0.4) is 0 Å². The van der Waals surface area contributed by atoms with Crippen molar-refractivity contribution in [1.82, 2.24) is 0 Å². The second-order valence-electron chi connectivity index (χ2n) is 3.81. The van der Waals surface area contributed by atoms with Gasteiger partial charge in [-0.25, -0.2) is 0 Å². The van der Waals surface area contributed by atoms with E-state index in [1.54, 1.807) is 0 Å². The summed E-state index contributed by atoms with van der Waals surface area (Å²) in [6.07, 6.45) is 2.99. The Morgan fingerprint density at radius 2 is 1.67 bits per heavy atom. The van der Waals surface area contributed by atoms with E-state index in [0.717, 1.165) is 0 Å². The molecule has 0 rings (SSSR count). The quantitative estimate of drug-likeness (QED) is 0.530. The van der Waals surface area contributed by atoms with Crippen molar-refractivity contribution < 1.29 is 0 Å². The van der Waals surface area contributed by atoms with Gasteiger partial charge in [0.2, 0.25) is 0 Å². The molecule has 9 heavy (non-hydrogen) atoms. The Labute approximate surface area is 73.5 Å². The van der Waals surface area contributed by atoms with E-state index in [0.29, 0.717) is 0 Å². The zero-order valence-electron chi connectivity index (χ0n) is 6.91. The molecule has 2 radical (unpaired) electrons. The summed E-state index contributed by atoms with van der Waals surface area (Å²) in [7, 11) is -0.680. The first-order valence-electron chi connectivity index (χ1n) is 3.76. The third-order valence-corrected chi connectivity index (χ3v) is 4.40. The zero-order valence-corrected chi connectivity index (χ0v) is 11.2. The van der Waals surface area contributed by atoms with E-state index in [4.69, 9.17) is 0 Å². The summed E-state index contributed by atoms with van der Waals surface area (Å²) in [5, 5.41) is 0. The summed E-state index contributed by atoms with van der Waals surface area (Å²) in [6, 6.07) is 1.54. The molecule has 54 valence electrons. The number of unbranched alkanes of at least 4 members (excludes halogenated alkanes) is 1. The Balaban J connectivity index is 3.07. The van der Waals surface area contributed by atoms with Gasteiger partial charge in [0.15, 0.2) is 0 Å². The molecule has 0 aromatic heterocycles. The maximum absolute atomic E-state index is 2.46. The molecule has 0 unspecified atom stereocenters.